The first-order valence-corrected chi connectivity index (χ1v) is 8.61. The van der Waals surface area contributed by atoms with Gasteiger partial charge in [0, 0.05) is 12.1 Å². The van der Waals surface area contributed by atoms with Gasteiger partial charge in [0.2, 0.25) is 0 Å². The summed E-state index contributed by atoms with van der Waals surface area (Å²) in [7, 11) is 1.55. The molecule has 0 bridgehead atoms. The molecule has 1 aromatic carbocycles. The lowest BCUT2D eigenvalue weighted by molar-refractivity contribution is 0.251. The van der Waals surface area contributed by atoms with Gasteiger partial charge >= 0.3 is 6.03 Å². The number of hydrogen-bond donors (Lipinski definition) is 2. The van der Waals surface area contributed by atoms with Gasteiger partial charge in [0.25, 0.3) is 0 Å². The minimum Gasteiger partial charge on any atom is -0.497 e. The summed E-state index contributed by atoms with van der Waals surface area (Å²) in [6, 6.07) is 13.0. The van der Waals surface area contributed by atoms with E-state index < -0.39 is 0 Å². The summed E-state index contributed by atoms with van der Waals surface area (Å²) in [5.41, 5.74) is 3.06. The van der Waals surface area contributed by atoms with Crippen molar-refractivity contribution in [3.05, 3.63) is 91.0 Å². The number of allylic oxidation sites excluding steroid dienone is 3. The monoisotopic (exact) mass is 375 g/mol. The highest BCUT2D eigenvalue weighted by atomic mass is 16.5. The number of rotatable bonds is 7. The van der Waals surface area contributed by atoms with Crippen molar-refractivity contribution in [2.24, 2.45) is 0 Å². The van der Waals surface area contributed by atoms with Crippen LogP contribution in [0.25, 0.3) is 11.2 Å². The molecule has 0 radical (unpaired) electrons. The van der Waals surface area contributed by atoms with Crippen molar-refractivity contribution >= 4 is 23.1 Å². The molecule has 0 aliphatic carbocycles. The van der Waals surface area contributed by atoms with Crippen LogP contribution in [0.1, 0.15) is 11.3 Å². The third-order valence-electron chi connectivity index (χ3n) is 3.95. The zero-order valence-electron chi connectivity index (χ0n) is 15.6. The summed E-state index contributed by atoms with van der Waals surface area (Å²) in [6.45, 7) is 8.01. The molecule has 0 fully saturated rings. The third kappa shape index (κ3) is 4.64. The number of benzene rings is 1. The van der Waals surface area contributed by atoms with Crippen LogP contribution in [0.15, 0.2) is 79.7 Å². The van der Waals surface area contributed by atoms with Crippen LogP contribution in [-0.2, 0) is 11.3 Å². The number of anilines is 1. The van der Waals surface area contributed by atoms with Crippen LogP contribution in [0.2, 0.25) is 0 Å². The van der Waals surface area contributed by atoms with E-state index in [9.17, 15) is 4.79 Å². The molecule has 0 atom stereocenters. The minimum atomic E-state index is -0.337. The number of amides is 2. The summed E-state index contributed by atoms with van der Waals surface area (Å²) in [5, 5.41) is 10.0. The van der Waals surface area contributed by atoms with E-state index in [-0.39, 0.29) is 6.03 Å². The lowest BCUT2D eigenvalue weighted by Crippen LogP contribution is -2.28. The van der Waals surface area contributed by atoms with Gasteiger partial charge in [0.05, 0.1) is 19.0 Å². The molecule has 3 rings (SSSR count). The Morgan fingerprint density at radius 2 is 2.04 bits per heavy atom. The Morgan fingerprint density at radius 1 is 1.25 bits per heavy atom. The standard InChI is InChI=1S/C21H21N5O2/c1-4-17(12-15(2)28-3)18-10-11-20-23-19(14-26(20)25-18)24-21(27)22-13-16-8-6-5-7-9-16/h4-12,14H,1-2,13H2,3H3,(H2,22,24,27)/b17-12+. The molecule has 7 heteroatoms. The first-order chi connectivity index (χ1) is 13.6. The second-order valence-electron chi connectivity index (χ2n) is 5.92. The number of carbonyl (C=O) groups excluding carboxylic acids is 1. The molecule has 3 aromatic rings. The molecule has 2 N–H and O–H groups in total. The summed E-state index contributed by atoms with van der Waals surface area (Å²) in [4.78, 5) is 16.5. The predicted molar refractivity (Wildman–Crippen MR) is 110 cm³/mol. The SMILES string of the molecule is C=C/C(=C\C(=C)OC)c1ccc2nc(NC(=O)NCc3ccccc3)cn2n1. The summed E-state index contributed by atoms with van der Waals surface area (Å²) < 4.78 is 6.67. The molecule has 2 aromatic heterocycles. The fraction of sp³-hybridized carbons (Fsp3) is 0.0952. The van der Waals surface area contributed by atoms with Gasteiger partial charge in [0.15, 0.2) is 11.5 Å². The number of methoxy groups -OCH3 is 1. The third-order valence-corrected chi connectivity index (χ3v) is 3.95. The van der Waals surface area contributed by atoms with Crippen LogP contribution in [0, 0.1) is 0 Å². The lowest BCUT2D eigenvalue weighted by atomic mass is 10.1. The minimum absolute atomic E-state index is 0.337. The number of nitrogens with one attached hydrogen (secondary N) is 2. The fourth-order valence-electron chi connectivity index (χ4n) is 2.50. The summed E-state index contributed by atoms with van der Waals surface area (Å²) >= 11 is 0. The van der Waals surface area contributed by atoms with Crippen molar-refractivity contribution in [2.45, 2.75) is 6.54 Å². The highest BCUT2D eigenvalue weighted by molar-refractivity contribution is 5.88. The summed E-state index contributed by atoms with van der Waals surface area (Å²) in [5.74, 6) is 0.903. The van der Waals surface area contributed by atoms with Crippen molar-refractivity contribution in [2.75, 3.05) is 12.4 Å². The quantitative estimate of drug-likeness (QED) is 0.486. The Labute approximate surface area is 163 Å². The average Bonchev–Trinajstić information content (AvgIpc) is 3.12. The Bertz CT molecular complexity index is 1040. The zero-order chi connectivity index (χ0) is 19.9. The Morgan fingerprint density at radius 3 is 2.75 bits per heavy atom. The van der Waals surface area contributed by atoms with Gasteiger partial charge in [-0.15, -0.1) is 0 Å². The predicted octanol–water partition coefficient (Wildman–Crippen LogP) is 3.78. The van der Waals surface area contributed by atoms with Crippen LogP contribution < -0.4 is 10.6 Å². The normalized spacial score (nSPS) is 11.1. The van der Waals surface area contributed by atoms with Crippen molar-refractivity contribution in [1.82, 2.24) is 19.9 Å². The van der Waals surface area contributed by atoms with Gasteiger partial charge in [0.1, 0.15) is 5.76 Å². The highest BCUT2D eigenvalue weighted by Crippen LogP contribution is 2.17. The van der Waals surface area contributed by atoms with E-state index in [0.29, 0.717) is 29.5 Å². The van der Waals surface area contributed by atoms with E-state index in [0.717, 1.165) is 11.1 Å². The van der Waals surface area contributed by atoms with Gasteiger partial charge in [-0.25, -0.2) is 14.3 Å². The van der Waals surface area contributed by atoms with Crippen molar-refractivity contribution in [1.29, 1.82) is 0 Å². The molecule has 0 saturated carbocycles. The summed E-state index contributed by atoms with van der Waals surface area (Å²) in [6.07, 6.45) is 5.06. The Balaban J connectivity index is 1.71. The topological polar surface area (TPSA) is 80.5 Å². The molecular formula is C21H21N5O2. The first-order valence-electron chi connectivity index (χ1n) is 8.61. The first kappa shape index (κ1) is 18.9. The van der Waals surface area contributed by atoms with Gasteiger partial charge in [-0.2, -0.15) is 5.10 Å². The van der Waals surface area contributed by atoms with E-state index >= 15 is 0 Å². The fourth-order valence-corrected chi connectivity index (χ4v) is 2.50. The van der Waals surface area contributed by atoms with Crippen LogP contribution in [0.3, 0.4) is 0 Å². The Hall–Kier alpha value is -3.87. The largest absolute Gasteiger partial charge is 0.497 e. The second kappa shape index (κ2) is 8.68. The van der Waals surface area contributed by atoms with E-state index in [1.54, 1.807) is 30.0 Å². The van der Waals surface area contributed by atoms with Crippen LogP contribution in [0.4, 0.5) is 10.6 Å². The molecule has 0 aliphatic rings. The molecule has 2 amide bonds. The number of ether oxygens (including phenoxy) is 1. The van der Waals surface area contributed by atoms with Crippen LogP contribution >= 0.6 is 0 Å². The molecular weight excluding hydrogens is 354 g/mol. The van der Waals surface area contributed by atoms with Crippen LogP contribution in [-0.4, -0.2) is 27.7 Å². The maximum absolute atomic E-state index is 12.1. The molecule has 7 nitrogen and oxygen atoms in total. The number of aromatic nitrogens is 3. The number of imidazole rings is 1. The van der Waals surface area contributed by atoms with E-state index in [1.807, 2.05) is 42.5 Å². The number of urea groups is 1. The number of nitrogens with zero attached hydrogens (tertiary/aromatic N) is 3. The number of hydrogen-bond acceptors (Lipinski definition) is 4. The van der Waals surface area contributed by atoms with Gasteiger partial charge in [-0.05, 0) is 23.8 Å². The number of carbonyl (C=O) groups is 1. The Kier molecular flexibility index (Phi) is 5.86. The molecule has 28 heavy (non-hydrogen) atoms. The molecule has 0 spiro atoms. The molecule has 0 saturated heterocycles. The molecule has 142 valence electrons. The van der Waals surface area contributed by atoms with Gasteiger partial charge in [-0.1, -0.05) is 49.6 Å². The maximum Gasteiger partial charge on any atom is 0.320 e. The second-order valence-corrected chi connectivity index (χ2v) is 5.92. The van der Waals surface area contributed by atoms with E-state index in [4.69, 9.17) is 4.74 Å². The zero-order valence-corrected chi connectivity index (χ0v) is 15.6. The van der Waals surface area contributed by atoms with E-state index in [1.165, 1.54) is 0 Å². The molecule has 0 unspecified atom stereocenters. The van der Waals surface area contributed by atoms with Gasteiger partial charge in [-0.3, -0.25) is 5.32 Å². The molecule has 0 aliphatic heterocycles. The van der Waals surface area contributed by atoms with Gasteiger partial charge < -0.3 is 10.1 Å². The maximum atomic E-state index is 12.1. The lowest BCUT2D eigenvalue weighted by Gasteiger charge is -2.05. The number of fused-ring (bicyclic) bond motifs is 1. The smallest absolute Gasteiger partial charge is 0.320 e. The van der Waals surface area contributed by atoms with Crippen molar-refractivity contribution < 1.29 is 9.53 Å². The molecule has 2 heterocycles. The highest BCUT2D eigenvalue weighted by Gasteiger charge is 2.09. The van der Waals surface area contributed by atoms with Crippen molar-refractivity contribution in [3.63, 3.8) is 0 Å². The van der Waals surface area contributed by atoms with E-state index in [2.05, 4.69) is 33.9 Å². The van der Waals surface area contributed by atoms with Crippen LogP contribution in [0.5, 0.6) is 0 Å². The van der Waals surface area contributed by atoms with Crippen molar-refractivity contribution in [3.8, 4) is 0 Å². The average molecular weight is 375 g/mol.